The van der Waals surface area contributed by atoms with Crippen LogP contribution >= 0.6 is 0 Å². The molecule has 1 amide bonds. The Hall–Kier alpha value is -1.63. The van der Waals surface area contributed by atoms with E-state index < -0.39 is 29.9 Å². The fourth-order valence-corrected chi connectivity index (χ4v) is 1.02. The van der Waals surface area contributed by atoms with E-state index in [-0.39, 0.29) is 12.8 Å². The third-order valence-corrected chi connectivity index (χ3v) is 2.27. The van der Waals surface area contributed by atoms with Gasteiger partial charge in [-0.15, -0.1) is 0 Å². The average Bonchev–Trinajstić information content (AvgIpc) is 2.22. The summed E-state index contributed by atoms with van der Waals surface area (Å²) >= 11 is 0. The lowest BCUT2D eigenvalue weighted by Gasteiger charge is -2.24. The molecule has 16 heavy (non-hydrogen) atoms. The van der Waals surface area contributed by atoms with Gasteiger partial charge < -0.3 is 20.8 Å². The molecule has 0 rings (SSSR count). The van der Waals surface area contributed by atoms with Crippen LogP contribution in [0.2, 0.25) is 0 Å². The fourth-order valence-electron chi connectivity index (χ4n) is 1.02. The number of hydrogen-bond acceptors (Lipinski definition) is 4. The van der Waals surface area contributed by atoms with E-state index in [1.165, 1.54) is 14.0 Å². The van der Waals surface area contributed by atoms with Crippen LogP contribution in [0.1, 0.15) is 19.8 Å². The maximum Gasteiger partial charge on any atom is 0.326 e. The maximum atomic E-state index is 11.5. The van der Waals surface area contributed by atoms with Crippen LogP contribution in [-0.2, 0) is 14.4 Å². The molecule has 0 heterocycles. The number of amides is 1. The van der Waals surface area contributed by atoms with Crippen LogP contribution in [0.3, 0.4) is 0 Å². The van der Waals surface area contributed by atoms with E-state index in [2.05, 4.69) is 0 Å². The van der Waals surface area contributed by atoms with Crippen LogP contribution in [0.15, 0.2) is 0 Å². The summed E-state index contributed by atoms with van der Waals surface area (Å²) in [5.74, 6) is -2.75. The molecular weight excluding hydrogens is 216 g/mol. The normalized spacial score (nSPS) is 13.9. The third kappa shape index (κ3) is 4.26. The van der Waals surface area contributed by atoms with Gasteiger partial charge in [0.05, 0.1) is 6.04 Å². The summed E-state index contributed by atoms with van der Waals surface area (Å²) in [7, 11) is 1.32. The summed E-state index contributed by atoms with van der Waals surface area (Å²) < 4.78 is 0. The minimum Gasteiger partial charge on any atom is -0.481 e. The Labute approximate surface area is 92.8 Å². The predicted octanol–water partition coefficient (Wildman–Crippen LogP) is -0.890. The summed E-state index contributed by atoms with van der Waals surface area (Å²) in [5.41, 5.74) is 5.46. The number of likely N-dealkylation sites (N-methyl/N-ethyl adjacent to an activating group) is 1. The van der Waals surface area contributed by atoms with Gasteiger partial charge in [-0.25, -0.2) is 4.79 Å². The molecule has 2 atom stereocenters. The Morgan fingerprint density at radius 2 is 1.81 bits per heavy atom. The van der Waals surface area contributed by atoms with Crippen LogP contribution in [0.4, 0.5) is 0 Å². The molecule has 0 saturated carbocycles. The second-order valence-corrected chi connectivity index (χ2v) is 3.50. The first-order valence-electron chi connectivity index (χ1n) is 4.74. The minimum atomic E-state index is -1.14. The first-order chi connectivity index (χ1) is 7.27. The van der Waals surface area contributed by atoms with E-state index in [0.29, 0.717) is 0 Å². The van der Waals surface area contributed by atoms with Crippen molar-refractivity contribution >= 4 is 17.8 Å². The van der Waals surface area contributed by atoms with Crippen molar-refractivity contribution in [2.24, 2.45) is 5.73 Å². The molecule has 0 aliphatic rings. The van der Waals surface area contributed by atoms with E-state index in [9.17, 15) is 14.4 Å². The zero-order valence-electron chi connectivity index (χ0n) is 9.21. The van der Waals surface area contributed by atoms with Crippen molar-refractivity contribution in [3.8, 4) is 0 Å². The SMILES string of the molecule is CC(C(=O)O)N(C)C(=O)C(N)CCC(=O)O. The smallest absolute Gasteiger partial charge is 0.326 e. The van der Waals surface area contributed by atoms with Crippen LogP contribution in [0.25, 0.3) is 0 Å². The molecule has 4 N–H and O–H groups in total. The van der Waals surface area contributed by atoms with Crippen LogP contribution in [0.5, 0.6) is 0 Å². The van der Waals surface area contributed by atoms with Gasteiger partial charge in [-0.3, -0.25) is 9.59 Å². The van der Waals surface area contributed by atoms with Gasteiger partial charge in [-0.2, -0.15) is 0 Å². The summed E-state index contributed by atoms with van der Waals surface area (Å²) in [6.07, 6.45) is -0.229. The van der Waals surface area contributed by atoms with Crippen molar-refractivity contribution in [3.05, 3.63) is 0 Å². The lowest BCUT2D eigenvalue weighted by atomic mass is 10.1. The number of aliphatic carboxylic acids is 2. The molecule has 0 aliphatic carbocycles. The summed E-state index contributed by atoms with van der Waals surface area (Å²) in [6.45, 7) is 1.35. The minimum absolute atomic E-state index is 0.00908. The Kier molecular flexibility index (Phi) is 5.44. The molecule has 0 aromatic heterocycles. The van der Waals surface area contributed by atoms with Gasteiger partial charge in [-0.05, 0) is 13.3 Å². The molecule has 92 valence electrons. The highest BCUT2D eigenvalue weighted by atomic mass is 16.4. The first-order valence-corrected chi connectivity index (χ1v) is 4.74. The van der Waals surface area contributed by atoms with Crippen LogP contribution in [-0.4, -0.2) is 52.1 Å². The number of rotatable bonds is 6. The second-order valence-electron chi connectivity index (χ2n) is 3.50. The highest BCUT2D eigenvalue weighted by Gasteiger charge is 2.26. The fraction of sp³-hybridized carbons (Fsp3) is 0.667. The quantitative estimate of drug-likeness (QED) is 0.546. The zero-order valence-corrected chi connectivity index (χ0v) is 9.21. The molecule has 0 aliphatic heterocycles. The lowest BCUT2D eigenvalue weighted by molar-refractivity contribution is -0.149. The lowest BCUT2D eigenvalue weighted by Crippen LogP contribution is -2.48. The topological polar surface area (TPSA) is 121 Å². The standard InChI is InChI=1S/C9H16N2O5/c1-5(9(15)16)11(2)8(14)6(10)3-4-7(12)13/h5-6H,3-4,10H2,1-2H3,(H,12,13)(H,15,16). The molecule has 7 nitrogen and oxygen atoms in total. The molecule has 0 spiro atoms. The molecule has 0 aromatic rings. The number of nitrogens with two attached hydrogens (primary N) is 1. The zero-order chi connectivity index (χ0) is 12.9. The van der Waals surface area contributed by atoms with Crippen molar-refractivity contribution in [1.82, 2.24) is 4.90 Å². The molecule has 0 fully saturated rings. The van der Waals surface area contributed by atoms with Gasteiger partial charge in [0.2, 0.25) is 5.91 Å². The van der Waals surface area contributed by atoms with E-state index in [0.717, 1.165) is 4.90 Å². The molecule has 0 radical (unpaired) electrons. The van der Waals surface area contributed by atoms with E-state index in [1.807, 2.05) is 0 Å². The van der Waals surface area contributed by atoms with Gasteiger partial charge in [0.1, 0.15) is 6.04 Å². The van der Waals surface area contributed by atoms with Crippen molar-refractivity contribution < 1.29 is 24.6 Å². The third-order valence-electron chi connectivity index (χ3n) is 2.27. The maximum absolute atomic E-state index is 11.5. The highest BCUT2D eigenvalue weighted by molar-refractivity contribution is 5.86. The largest absolute Gasteiger partial charge is 0.481 e. The molecular formula is C9H16N2O5. The van der Waals surface area contributed by atoms with Crippen molar-refractivity contribution in [3.63, 3.8) is 0 Å². The highest BCUT2D eigenvalue weighted by Crippen LogP contribution is 2.03. The number of nitrogens with zero attached hydrogens (tertiary/aromatic N) is 1. The predicted molar refractivity (Wildman–Crippen MR) is 54.7 cm³/mol. The Balaban J connectivity index is 4.32. The number of carboxylic acid groups (broad SMARTS) is 2. The van der Waals surface area contributed by atoms with Crippen molar-refractivity contribution in [2.45, 2.75) is 31.8 Å². The monoisotopic (exact) mass is 232 g/mol. The molecule has 0 bridgehead atoms. The van der Waals surface area contributed by atoms with Crippen molar-refractivity contribution in [2.75, 3.05) is 7.05 Å². The first kappa shape index (κ1) is 14.4. The summed E-state index contributed by atoms with van der Waals surface area (Å²) in [5, 5.41) is 17.1. The van der Waals surface area contributed by atoms with E-state index in [1.54, 1.807) is 0 Å². The summed E-state index contributed by atoms with van der Waals surface area (Å²) in [4.78, 5) is 33.4. The van der Waals surface area contributed by atoms with Crippen LogP contribution in [0, 0.1) is 0 Å². The number of carbonyl (C=O) groups is 3. The van der Waals surface area contributed by atoms with Crippen LogP contribution < -0.4 is 5.73 Å². The number of carboxylic acids is 2. The second kappa shape index (κ2) is 6.06. The van der Waals surface area contributed by atoms with E-state index >= 15 is 0 Å². The Morgan fingerprint density at radius 1 is 1.31 bits per heavy atom. The van der Waals surface area contributed by atoms with Gasteiger partial charge in [0.25, 0.3) is 0 Å². The van der Waals surface area contributed by atoms with E-state index in [4.69, 9.17) is 15.9 Å². The Morgan fingerprint density at radius 3 is 2.19 bits per heavy atom. The van der Waals surface area contributed by atoms with Gasteiger partial charge in [0.15, 0.2) is 0 Å². The Bertz CT molecular complexity index is 292. The average molecular weight is 232 g/mol. The number of hydrogen-bond donors (Lipinski definition) is 3. The van der Waals surface area contributed by atoms with Gasteiger partial charge >= 0.3 is 11.9 Å². The molecule has 7 heteroatoms. The molecule has 0 saturated heterocycles. The molecule has 0 aromatic carbocycles. The van der Waals surface area contributed by atoms with Crippen molar-refractivity contribution in [1.29, 1.82) is 0 Å². The number of carbonyl (C=O) groups excluding carboxylic acids is 1. The molecule has 2 unspecified atom stereocenters. The van der Waals surface area contributed by atoms with Gasteiger partial charge in [0, 0.05) is 13.5 Å². The van der Waals surface area contributed by atoms with Gasteiger partial charge in [-0.1, -0.05) is 0 Å². The summed E-state index contributed by atoms with van der Waals surface area (Å²) in [6, 6.07) is -1.97.